The van der Waals surface area contributed by atoms with Crippen LogP contribution in [0, 0.1) is 0 Å². The molecule has 1 fully saturated rings. The maximum Gasteiger partial charge on any atom is 0.0700 e. The van der Waals surface area contributed by atoms with Gasteiger partial charge in [0, 0.05) is 19.8 Å². The summed E-state index contributed by atoms with van der Waals surface area (Å²) in [5.41, 5.74) is 0. The Hall–Kier alpha value is -0.160. The maximum absolute atomic E-state index is 9.95. The highest BCUT2D eigenvalue weighted by Crippen LogP contribution is 2.17. The number of hydrogen-bond acceptors (Lipinski definition) is 4. The first-order chi connectivity index (χ1) is 8.84. The van der Waals surface area contributed by atoms with Crippen LogP contribution in [-0.4, -0.2) is 50.7 Å². The summed E-state index contributed by atoms with van der Waals surface area (Å²) in [6.45, 7) is 3.14. The molecule has 0 heterocycles. The Morgan fingerprint density at radius 1 is 1.06 bits per heavy atom. The van der Waals surface area contributed by atoms with Crippen LogP contribution in [0.15, 0.2) is 0 Å². The quantitative estimate of drug-likeness (QED) is 0.489. The van der Waals surface area contributed by atoms with Crippen molar-refractivity contribution >= 4 is 0 Å². The summed E-state index contributed by atoms with van der Waals surface area (Å²) in [6, 6.07) is 0.307. The van der Waals surface area contributed by atoms with Gasteiger partial charge in [-0.1, -0.05) is 19.3 Å². The Balaban J connectivity index is 1.93. The van der Waals surface area contributed by atoms with Gasteiger partial charge in [0.1, 0.15) is 0 Å². The van der Waals surface area contributed by atoms with E-state index in [1.165, 1.54) is 19.3 Å². The molecule has 4 nitrogen and oxygen atoms in total. The molecule has 0 bridgehead atoms. The maximum atomic E-state index is 9.95. The third-order valence-corrected chi connectivity index (χ3v) is 3.53. The highest BCUT2D eigenvalue weighted by atomic mass is 16.5. The van der Waals surface area contributed by atoms with Crippen LogP contribution in [0.4, 0.5) is 0 Å². The smallest absolute Gasteiger partial charge is 0.0700 e. The van der Waals surface area contributed by atoms with Crippen molar-refractivity contribution in [3.8, 4) is 0 Å². The van der Waals surface area contributed by atoms with Crippen molar-refractivity contribution in [1.29, 1.82) is 0 Å². The van der Waals surface area contributed by atoms with Gasteiger partial charge in [-0.3, -0.25) is 0 Å². The lowest BCUT2D eigenvalue weighted by Crippen LogP contribution is -2.39. The van der Waals surface area contributed by atoms with Crippen molar-refractivity contribution in [2.24, 2.45) is 0 Å². The van der Waals surface area contributed by atoms with E-state index in [0.717, 1.165) is 38.8 Å². The Labute approximate surface area is 111 Å². The van der Waals surface area contributed by atoms with Crippen LogP contribution in [0.1, 0.15) is 44.9 Å². The first-order valence-electron chi connectivity index (χ1n) is 7.32. The second kappa shape index (κ2) is 10.7. The molecule has 18 heavy (non-hydrogen) atoms. The van der Waals surface area contributed by atoms with Gasteiger partial charge in [-0.2, -0.15) is 0 Å². The number of aliphatic hydroxyl groups excluding tert-OH is 1. The van der Waals surface area contributed by atoms with Crippen LogP contribution >= 0.6 is 0 Å². The Morgan fingerprint density at radius 3 is 2.72 bits per heavy atom. The van der Waals surface area contributed by atoms with E-state index in [2.05, 4.69) is 5.32 Å². The Bertz CT molecular complexity index is 190. The summed E-state index contributed by atoms with van der Waals surface area (Å²) in [4.78, 5) is 0. The minimum Gasteiger partial charge on any atom is -0.392 e. The molecule has 108 valence electrons. The normalized spacial score (nSPS) is 25.0. The fraction of sp³-hybridized carbons (Fsp3) is 1.00. The third-order valence-electron chi connectivity index (χ3n) is 3.53. The molecular weight excluding hydrogens is 230 g/mol. The minimum atomic E-state index is -0.148. The minimum absolute atomic E-state index is 0.148. The second-order valence-electron chi connectivity index (χ2n) is 5.08. The lowest BCUT2D eigenvalue weighted by atomic mass is 10.1. The summed E-state index contributed by atoms with van der Waals surface area (Å²) in [5.74, 6) is 0. The number of hydrogen-bond donors (Lipinski definition) is 2. The molecule has 4 heteroatoms. The zero-order chi connectivity index (χ0) is 13.1. The first kappa shape index (κ1) is 15.9. The van der Waals surface area contributed by atoms with Crippen molar-refractivity contribution in [1.82, 2.24) is 5.32 Å². The molecular formula is C14H29NO3. The molecule has 2 N–H and O–H groups in total. The molecule has 1 rings (SSSR count). The van der Waals surface area contributed by atoms with Crippen LogP contribution in [0.3, 0.4) is 0 Å². The van der Waals surface area contributed by atoms with E-state index in [0.29, 0.717) is 19.3 Å². The van der Waals surface area contributed by atoms with Gasteiger partial charge >= 0.3 is 0 Å². The molecule has 0 saturated heterocycles. The number of aliphatic hydroxyl groups is 1. The van der Waals surface area contributed by atoms with Crippen molar-refractivity contribution < 1.29 is 14.6 Å². The zero-order valence-electron chi connectivity index (χ0n) is 11.7. The molecule has 0 aliphatic heterocycles. The van der Waals surface area contributed by atoms with Gasteiger partial charge in [0.05, 0.1) is 19.3 Å². The Kier molecular flexibility index (Phi) is 9.48. The molecule has 1 aliphatic carbocycles. The number of rotatable bonds is 9. The number of methoxy groups -OCH3 is 1. The van der Waals surface area contributed by atoms with Crippen molar-refractivity contribution in [3.05, 3.63) is 0 Å². The number of nitrogens with one attached hydrogen (secondary N) is 1. The van der Waals surface area contributed by atoms with Crippen molar-refractivity contribution in [2.75, 3.05) is 33.5 Å². The largest absolute Gasteiger partial charge is 0.392 e. The van der Waals surface area contributed by atoms with Gasteiger partial charge in [-0.25, -0.2) is 0 Å². The predicted molar refractivity (Wildman–Crippen MR) is 72.8 cm³/mol. The molecule has 2 atom stereocenters. The molecule has 0 radical (unpaired) electrons. The van der Waals surface area contributed by atoms with Crippen LogP contribution in [0.25, 0.3) is 0 Å². The van der Waals surface area contributed by atoms with E-state index < -0.39 is 0 Å². The van der Waals surface area contributed by atoms with Gasteiger partial charge in [0.15, 0.2) is 0 Å². The summed E-state index contributed by atoms with van der Waals surface area (Å²) in [5, 5.41) is 13.4. The summed E-state index contributed by atoms with van der Waals surface area (Å²) >= 11 is 0. The molecule has 2 unspecified atom stereocenters. The van der Waals surface area contributed by atoms with Gasteiger partial charge in [-0.15, -0.1) is 0 Å². The number of unbranched alkanes of at least 4 members (excludes halogenated alkanes) is 1. The summed E-state index contributed by atoms with van der Waals surface area (Å²) < 4.78 is 10.3. The van der Waals surface area contributed by atoms with Gasteiger partial charge < -0.3 is 19.9 Å². The van der Waals surface area contributed by atoms with E-state index >= 15 is 0 Å². The second-order valence-corrected chi connectivity index (χ2v) is 5.08. The third kappa shape index (κ3) is 7.31. The monoisotopic (exact) mass is 259 g/mol. The van der Waals surface area contributed by atoms with E-state index in [-0.39, 0.29) is 6.10 Å². The van der Waals surface area contributed by atoms with Gasteiger partial charge in [0.2, 0.25) is 0 Å². The number of ether oxygens (including phenoxy) is 2. The lowest BCUT2D eigenvalue weighted by Gasteiger charge is -2.21. The van der Waals surface area contributed by atoms with Crippen LogP contribution in [0.2, 0.25) is 0 Å². The molecule has 1 saturated carbocycles. The van der Waals surface area contributed by atoms with E-state index in [9.17, 15) is 5.11 Å². The van der Waals surface area contributed by atoms with Crippen LogP contribution in [-0.2, 0) is 9.47 Å². The molecule has 0 amide bonds. The summed E-state index contributed by atoms with van der Waals surface area (Å²) in [7, 11) is 1.69. The van der Waals surface area contributed by atoms with E-state index in [1.54, 1.807) is 7.11 Å². The predicted octanol–water partition coefficient (Wildman–Crippen LogP) is 1.71. The van der Waals surface area contributed by atoms with Crippen molar-refractivity contribution in [3.63, 3.8) is 0 Å². The SMILES string of the molecule is COCCOCCCCNC1CCCCCC1O. The van der Waals surface area contributed by atoms with Crippen LogP contribution in [0.5, 0.6) is 0 Å². The fourth-order valence-corrected chi connectivity index (χ4v) is 2.39. The molecule has 1 aliphatic rings. The average molecular weight is 259 g/mol. The highest BCUT2D eigenvalue weighted by Gasteiger charge is 2.20. The lowest BCUT2D eigenvalue weighted by molar-refractivity contribution is 0.0683. The van der Waals surface area contributed by atoms with Crippen LogP contribution < -0.4 is 5.32 Å². The van der Waals surface area contributed by atoms with E-state index in [4.69, 9.17) is 9.47 Å². The first-order valence-corrected chi connectivity index (χ1v) is 7.32. The van der Waals surface area contributed by atoms with E-state index in [1.807, 2.05) is 0 Å². The topological polar surface area (TPSA) is 50.7 Å². The summed E-state index contributed by atoms with van der Waals surface area (Å²) in [6.07, 6.45) is 7.79. The van der Waals surface area contributed by atoms with Gasteiger partial charge in [-0.05, 0) is 32.2 Å². The average Bonchev–Trinajstić information content (AvgIpc) is 2.58. The standard InChI is InChI=1S/C14H29NO3/c1-17-11-12-18-10-6-5-9-15-13-7-3-2-4-8-14(13)16/h13-16H,2-12H2,1H3. The zero-order valence-corrected chi connectivity index (χ0v) is 11.7. The molecule has 0 aromatic carbocycles. The van der Waals surface area contributed by atoms with Crippen molar-refractivity contribution in [2.45, 2.75) is 57.1 Å². The van der Waals surface area contributed by atoms with Gasteiger partial charge in [0.25, 0.3) is 0 Å². The Morgan fingerprint density at radius 2 is 1.89 bits per heavy atom. The molecule has 0 spiro atoms. The molecule has 0 aromatic heterocycles. The molecule has 0 aromatic rings. The fourth-order valence-electron chi connectivity index (χ4n) is 2.39. The highest BCUT2D eigenvalue weighted by molar-refractivity contribution is 4.78.